The zero-order valence-corrected chi connectivity index (χ0v) is 8.53. The number of anilines is 1. The van der Waals surface area contributed by atoms with Crippen LogP contribution in [-0.2, 0) is 0 Å². The highest BCUT2D eigenvalue weighted by Gasteiger charge is 2.10. The van der Waals surface area contributed by atoms with Gasteiger partial charge in [-0.05, 0) is 19.9 Å². The Morgan fingerprint density at radius 2 is 2.21 bits per heavy atom. The minimum atomic E-state index is 1.03. The van der Waals surface area contributed by atoms with E-state index in [-0.39, 0.29) is 0 Å². The van der Waals surface area contributed by atoms with E-state index in [0.29, 0.717) is 0 Å². The van der Waals surface area contributed by atoms with Gasteiger partial charge in [0, 0.05) is 31.4 Å². The lowest BCUT2D eigenvalue weighted by molar-refractivity contribution is 0.724. The van der Waals surface area contributed by atoms with Crippen molar-refractivity contribution in [1.82, 2.24) is 15.3 Å². The first-order valence-electron chi connectivity index (χ1n) is 5.10. The average Bonchev–Trinajstić information content (AvgIpc) is 2.45. The monoisotopic (exact) mass is 192 g/mol. The van der Waals surface area contributed by atoms with E-state index in [1.54, 1.807) is 6.33 Å². The van der Waals surface area contributed by atoms with Crippen LogP contribution in [0.5, 0.6) is 0 Å². The Morgan fingerprint density at radius 3 is 3.07 bits per heavy atom. The molecule has 2 rings (SSSR count). The number of aryl methyl sites for hydroxylation is 1. The number of hydrogen-bond donors (Lipinski definition) is 1. The van der Waals surface area contributed by atoms with Gasteiger partial charge in [-0.2, -0.15) is 0 Å². The van der Waals surface area contributed by atoms with Gasteiger partial charge in [0.15, 0.2) is 0 Å². The van der Waals surface area contributed by atoms with Crippen molar-refractivity contribution >= 4 is 5.82 Å². The van der Waals surface area contributed by atoms with Crippen LogP contribution in [-0.4, -0.2) is 36.1 Å². The predicted molar refractivity (Wildman–Crippen MR) is 56.5 cm³/mol. The minimum Gasteiger partial charge on any atom is -0.355 e. The molecule has 0 aliphatic carbocycles. The molecule has 0 amide bonds. The Hall–Kier alpha value is -1.16. The second-order valence-corrected chi connectivity index (χ2v) is 3.61. The summed E-state index contributed by atoms with van der Waals surface area (Å²) in [6, 6.07) is 2.05. The molecule has 0 atom stereocenters. The van der Waals surface area contributed by atoms with Gasteiger partial charge in [-0.25, -0.2) is 9.97 Å². The van der Waals surface area contributed by atoms with Crippen molar-refractivity contribution < 1.29 is 0 Å². The highest BCUT2D eigenvalue weighted by molar-refractivity contribution is 5.38. The van der Waals surface area contributed by atoms with Crippen LogP contribution >= 0.6 is 0 Å². The smallest absolute Gasteiger partial charge is 0.132 e. The fourth-order valence-corrected chi connectivity index (χ4v) is 1.69. The zero-order chi connectivity index (χ0) is 9.80. The molecule has 1 aromatic heterocycles. The molecule has 0 radical (unpaired) electrons. The van der Waals surface area contributed by atoms with Crippen LogP contribution in [0.3, 0.4) is 0 Å². The van der Waals surface area contributed by atoms with Crippen molar-refractivity contribution in [2.24, 2.45) is 0 Å². The van der Waals surface area contributed by atoms with E-state index in [1.165, 1.54) is 6.42 Å². The maximum Gasteiger partial charge on any atom is 0.132 e. The number of rotatable bonds is 1. The molecule has 0 saturated carbocycles. The normalized spacial score (nSPS) is 17.9. The van der Waals surface area contributed by atoms with Crippen molar-refractivity contribution in [2.45, 2.75) is 13.3 Å². The summed E-state index contributed by atoms with van der Waals surface area (Å²) in [6.07, 6.45) is 2.83. The summed E-state index contributed by atoms with van der Waals surface area (Å²) < 4.78 is 0. The van der Waals surface area contributed by atoms with E-state index >= 15 is 0 Å². The van der Waals surface area contributed by atoms with E-state index in [4.69, 9.17) is 0 Å². The van der Waals surface area contributed by atoms with Gasteiger partial charge in [-0.1, -0.05) is 0 Å². The summed E-state index contributed by atoms with van der Waals surface area (Å²) in [6.45, 7) is 6.28. The molecular formula is C10H16N4. The molecule has 0 unspecified atom stereocenters. The van der Waals surface area contributed by atoms with E-state index in [2.05, 4.69) is 20.2 Å². The van der Waals surface area contributed by atoms with Crippen LogP contribution in [0.4, 0.5) is 5.82 Å². The van der Waals surface area contributed by atoms with Gasteiger partial charge in [-0.3, -0.25) is 0 Å². The second-order valence-electron chi connectivity index (χ2n) is 3.61. The van der Waals surface area contributed by atoms with Gasteiger partial charge in [0.1, 0.15) is 12.1 Å². The third-order valence-electron chi connectivity index (χ3n) is 2.45. The third-order valence-corrected chi connectivity index (χ3v) is 2.45. The number of nitrogens with zero attached hydrogens (tertiary/aromatic N) is 3. The average molecular weight is 192 g/mol. The molecule has 2 heterocycles. The molecule has 1 aliphatic heterocycles. The molecule has 1 N–H and O–H groups in total. The molecule has 1 aromatic rings. The van der Waals surface area contributed by atoms with Crippen molar-refractivity contribution in [3.05, 3.63) is 18.1 Å². The molecule has 0 bridgehead atoms. The molecule has 1 aliphatic rings. The van der Waals surface area contributed by atoms with Crippen LogP contribution in [0.2, 0.25) is 0 Å². The van der Waals surface area contributed by atoms with Crippen LogP contribution in [0.1, 0.15) is 12.1 Å². The lowest BCUT2D eigenvalue weighted by Gasteiger charge is -2.20. The third kappa shape index (κ3) is 2.20. The molecule has 0 spiro atoms. The number of nitrogens with one attached hydrogen (secondary N) is 1. The first kappa shape index (κ1) is 9.40. The summed E-state index contributed by atoms with van der Waals surface area (Å²) in [5, 5.41) is 3.38. The Labute approximate surface area is 84.4 Å². The van der Waals surface area contributed by atoms with Crippen molar-refractivity contribution in [3.63, 3.8) is 0 Å². The first-order valence-corrected chi connectivity index (χ1v) is 5.10. The van der Waals surface area contributed by atoms with E-state index < -0.39 is 0 Å². The van der Waals surface area contributed by atoms with Gasteiger partial charge in [-0.15, -0.1) is 0 Å². The quantitative estimate of drug-likeness (QED) is 0.707. The summed E-state index contributed by atoms with van der Waals surface area (Å²) in [4.78, 5) is 10.7. The Bertz CT molecular complexity index is 292. The first-order chi connectivity index (χ1) is 6.86. The minimum absolute atomic E-state index is 1.03. The van der Waals surface area contributed by atoms with Crippen molar-refractivity contribution in [3.8, 4) is 0 Å². The van der Waals surface area contributed by atoms with Crippen LogP contribution < -0.4 is 10.2 Å². The highest BCUT2D eigenvalue weighted by Crippen LogP contribution is 2.11. The molecule has 1 saturated heterocycles. The van der Waals surface area contributed by atoms with Crippen molar-refractivity contribution in [2.75, 3.05) is 31.1 Å². The van der Waals surface area contributed by atoms with Crippen LogP contribution in [0.15, 0.2) is 12.4 Å². The van der Waals surface area contributed by atoms with Gasteiger partial charge in [0.25, 0.3) is 0 Å². The molecule has 14 heavy (non-hydrogen) atoms. The predicted octanol–water partition coefficient (Wildman–Crippen LogP) is 0.585. The topological polar surface area (TPSA) is 41.0 Å². The van der Waals surface area contributed by atoms with Gasteiger partial charge >= 0.3 is 0 Å². The summed E-state index contributed by atoms with van der Waals surface area (Å²) in [5.41, 5.74) is 1.03. The lowest BCUT2D eigenvalue weighted by Crippen LogP contribution is -2.28. The fourth-order valence-electron chi connectivity index (χ4n) is 1.69. The molecular weight excluding hydrogens is 176 g/mol. The number of hydrogen-bond acceptors (Lipinski definition) is 4. The Balaban J connectivity index is 2.12. The highest BCUT2D eigenvalue weighted by atomic mass is 15.2. The maximum absolute atomic E-state index is 4.29. The largest absolute Gasteiger partial charge is 0.355 e. The van der Waals surface area contributed by atoms with Gasteiger partial charge in [0.05, 0.1) is 0 Å². The second kappa shape index (κ2) is 4.37. The maximum atomic E-state index is 4.29. The lowest BCUT2D eigenvalue weighted by atomic mass is 10.3. The Morgan fingerprint density at radius 1 is 1.29 bits per heavy atom. The SMILES string of the molecule is Cc1cc(N2CCCNCC2)ncn1. The van der Waals surface area contributed by atoms with Gasteiger partial charge in [0.2, 0.25) is 0 Å². The van der Waals surface area contributed by atoms with E-state index in [0.717, 1.165) is 37.7 Å². The van der Waals surface area contributed by atoms with Crippen LogP contribution in [0.25, 0.3) is 0 Å². The summed E-state index contributed by atoms with van der Waals surface area (Å²) >= 11 is 0. The standard InChI is InChI=1S/C10H16N4/c1-9-7-10(13-8-12-9)14-5-2-3-11-4-6-14/h7-8,11H,2-6H2,1H3. The van der Waals surface area contributed by atoms with E-state index in [1.807, 2.05) is 13.0 Å². The van der Waals surface area contributed by atoms with Crippen molar-refractivity contribution in [1.29, 1.82) is 0 Å². The zero-order valence-electron chi connectivity index (χ0n) is 8.53. The van der Waals surface area contributed by atoms with E-state index in [9.17, 15) is 0 Å². The summed E-state index contributed by atoms with van der Waals surface area (Å²) in [7, 11) is 0. The molecule has 0 aromatic carbocycles. The van der Waals surface area contributed by atoms with Crippen LogP contribution in [0, 0.1) is 6.92 Å². The molecule has 4 heteroatoms. The Kier molecular flexibility index (Phi) is 2.93. The molecule has 76 valence electrons. The fraction of sp³-hybridized carbons (Fsp3) is 0.600. The number of aromatic nitrogens is 2. The molecule has 4 nitrogen and oxygen atoms in total. The molecule has 1 fully saturated rings. The summed E-state index contributed by atoms with van der Waals surface area (Å²) in [5.74, 6) is 1.06. The van der Waals surface area contributed by atoms with Gasteiger partial charge < -0.3 is 10.2 Å².